The quantitative estimate of drug-likeness (QED) is 0.0849. The molecule has 4 atom stereocenters. The summed E-state index contributed by atoms with van der Waals surface area (Å²) in [6.45, 7) is 11.7. The van der Waals surface area contributed by atoms with Crippen molar-refractivity contribution in [3.63, 3.8) is 0 Å². The topological polar surface area (TPSA) is 235 Å². The van der Waals surface area contributed by atoms with E-state index in [1.807, 2.05) is 12.1 Å². The van der Waals surface area contributed by atoms with E-state index in [2.05, 4.69) is 24.9 Å². The van der Waals surface area contributed by atoms with Crippen molar-refractivity contribution in [2.24, 2.45) is 5.73 Å². The van der Waals surface area contributed by atoms with Crippen LogP contribution in [0, 0.1) is 11.6 Å². The van der Waals surface area contributed by atoms with Gasteiger partial charge >= 0.3 is 5.97 Å². The van der Waals surface area contributed by atoms with Crippen LogP contribution in [-0.2, 0) is 19.1 Å². The second-order valence-electron chi connectivity index (χ2n) is 18.3. The third kappa shape index (κ3) is 13.6. The second-order valence-corrected chi connectivity index (χ2v) is 18.3. The van der Waals surface area contributed by atoms with Crippen molar-refractivity contribution in [2.45, 2.75) is 37.1 Å². The van der Waals surface area contributed by atoms with Gasteiger partial charge in [0.2, 0.25) is 5.78 Å². The van der Waals surface area contributed by atoms with E-state index < -0.39 is 59.4 Å². The number of hydrogen-bond acceptors (Lipinski definition) is 17. The average molecular weight is 1020 g/mol. The molecule has 6 aliphatic rings. The SMILES string of the molecule is N[C@H](CN1CCC1)[C@H](O)c1cc(F)c2c(c1)OCCO2.O=C(N[C@H](CN1CCC1)[C@H](O)c1cc(F)c2c(c1)OCCO2)C(=O)c1ccc(N2CCOCC2)cc1.O=C(O)C(=O)c1ccc(N2CCOCC2)cc1.[HH]. The van der Waals surface area contributed by atoms with Crippen LogP contribution in [0.3, 0.4) is 0 Å². The van der Waals surface area contributed by atoms with Gasteiger partial charge < -0.3 is 74.4 Å². The first-order chi connectivity index (χ1) is 35.3. The number of fused-ring (bicyclic) bond motifs is 2. The fourth-order valence-corrected chi connectivity index (χ4v) is 8.89. The van der Waals surface area contributed by atoms with Crippen molar-refractivity contribution < 1.29 is 73.1 Å². The van der Waals surface area contributed by atoms with Gasteiger partial charge in [0, 0.05) is 69.2 Å². The van der Waals surface area contributed by atoms with Gasteiger partial charge in [0.05, 0.1) is 38.6 Å². The van der Waals surface area contributed by atoms with Crippen LogP contribution in [0.2, 0.25) is 0 Å². The van der Waals surface area contributed by atoms with E-state index in [0.29, 0.717) is 64.0 Å². The summed E-state index contributed by atoms with van der Waals surface area (Å²) in [5.41, 5.74) is 9.07. The molecule has 6 heterocycles. The summed E-state index contributed by atoms with van der Waals surface area (Å²) < 4.78 is 60.5. The Morgan fingerprint density at radius 2 is 1.00 bits per heavy atom. The van der Waals surface area contributed by atoms with Crippen molar-refractivity contribution in [2.75, 3.05) is 128 Å². The van der Waals surface area contributed by atoms with Crippen LogP contribution >= 0.6 is 0 Å². The van der Waals surface area contributed by atoms with Crippen molar-refractivity contribution in [3.05, 3.63) is 107 Å². The number of aliphatic hydroxyl groups is 2. The van der Waals surface area contributed by atoms with E-state index in [4.69, 9.17) is 39.3 Å². The van der Waals surface area contributed by atoms with Gasteiger partial charge in [-0.25, -0.2) is 13.6 Å². The number of hydrogen-bond donors (Lipinski definition) is 5. The van der Waals surface area contributed by atoms with Gasteiger partial charge in [-0.2, -0.15) is 0 Å². The number of nitrogens with zero attached hydrogens (tertiary/aromatic N) is 4. The third-order valence-corrected chi connectivity index (χ3v) is 13.3. The fourth-order valence-electron chi connectivity index (χ4n) is 8.89. The number of morpholine rings is 2. The molecular weight excluding hydrogens is 955 g/mol. The normalized spacial score (nSPS) is 18.9. The van der Waals surface area contributed by atoms with Gasteiger partial charge in [-0.3, -0.25) is 14.4 Å². The van der Waals surface area contributed by atoms with E-state index >= 15 is 0 Å². The fraction of sp³-hybridized carbons (Fsp3) is 0.462. The van der Waals surface area contributed by atoms with Crippen LogP contribution < -0.4 is 39.8 Å². The zero-order valence-corrected chi connectivity index (χ0v) is 40.4. The molecule has 0 spiro atoms. The zero-order valence-electron chi connectivity index (χ0n) is 40.4. The summed E-state index contributed by atoms with van der Waals surface area (Å²) >= 11 is 0. The first-order valence-corrected chi connectivity index (χ1v) is 24.6. The highest BCUT2D eigenvalue weighted by Gasteiger charge is 2.32. The molecule has 0 radical (unpaired) electrons. The number of ketones is 2. The van der Waals surface area contributed by atoms with Crippen LogP contribution in [-0.4, -0.2) is 179 Å². The number of amides is 1. The first-order valence-electron chi connectivity index (χ1n) is 24.6. The minimum Gasteiger partial charge on any atom is -0.486 e. The number of benzene rings is 4. The number of carboxylic acid groups (broad SMARTS) is 1. The average Bonchev–Trinajstić information content (AvgIpc) is 3.40. The molecule has 0 unspecified atom stereocenters. The highest BCUT2D eigenvalue weighted by Crippen LogP contribution is 2.38. The molecule has 21 heteroatoms. The van der Waals surface area contributed by atoms with Crippen LogP contribution in [0.1, 0.15) is 58.3 Å². The largest absolute Gasteiger partial charge is 0.486 e. The number of Topliss-reactive ketones (excluding diaryl/α,β-unsaturated/α-hetero) is 2. The minimum absolute atomic E-state index is 0. The maximum atomic E-state index is 14.6. The Bertz CT molecular complexity index is 2550. The van der Waals surface area contributed by atoms with E-state index in [1.54, 1.807) is 42.5 Å². The molecule has 4 fully saturated rings. The van der Waals surface area contributed by atoms with Gasteiger partial charge in [-0.15, -0.1) is 0 Å². The van der Waals surface area contributed by atoms with Crippen LogP contribution in [0.15, 0.2) is 72.8 Å². The molecule has 4 aromatic rings. The van der Waals surface area contributed by atoms with Crippen LogP contribution in [0.5, 0.6) is 23.0 Å². The number of anilines is 2. The molecule has 6 aliphatic heterocycles. The second kappa shape index (κ2) is 25.0. The molecule has 0 aromatic heterocycles. The van der Waals surface area contributed by atoms with E-state index in [1.165, 1.54) is 24.6 Å². The molecule has 4 aromatic carbocycles. The summed E-state index contributed by atoms with van der Waals surface area (Å²) in [5.74, 6) is -4.32. The molecule has 6 N–H and O–H groups in total. The number of carbonyl (C=O) groups is 4. The summed E-state index contributed by atoms with van der Waals surface area (Å²) in [6.07, 6.45) is 0.0166. The standard InChI is InChI=1S/C26H30FN3O6.C14H19FN2O3.C12H13NO4.H2/c27-20-14-18(15-22-25(20)36-13-12-35-22)23(31)21(16-29-6-1-7-29)28-26(33)24(32)17-2-4-19(5-3-17)30-8-10-34-11-9-30;15-10-6-9(7-12-14(10)20-5-4-19-12)13(18)11(16)8-17-2-1-3-17;14-11(12(15)16)9-1-3-10(4-2-9)13-5-7-17-8-6-13;/h2-5,14-15,21,23,31H,1,6-13,16H2,(H,28,33);6-7,11,13,18H,1-5,8,16H2;1-4H,5-8H2,(H,15,16);1H/t21-,23-;11-,13-;;/m11../s1. The number of likely N-dealkylation sites (tertiary alicyclic amines) is 2. The maximum absolute atomic E-state index is 14.6. The van der Waals surface area contributed by atoms with Gasteiger partial charge in [0.25, 0.3) is 11.7 Å². The van der Waals surface area contributed by atoms with Gasteiger partial charge in [0.1, 0.15) is 32.5 Å². The van der Waals surface area contributed by atoms with Crippen molar-refractivity contribution in [3.8, 4) is 23.0 Å². The van der Waals surface area contributed by atoms with Gasteiger partial charge in [0.15, 0.2) is 34.6 Å². The lowest BCUT2D eigenvalue weighted by atomic mass is 9.99. The summed E-state index contributed by atoms with van der Waals surface area (Å²) in [5, 5.41) is 32.7. The number of nitrogens with two attached hydrogens (primary N) is 1. The molecule has 73 heavy (non-hydrogen) atoms. The lowest BCUT2D eigenvalue weighted by molar-refractivity contribution is -0.131. The Hall–Kier alpha value is -6.46. The number of carbonyl (C=O) groups excluding carboxylic acids is 3. The van der Waals surface area contributed by atoms with Crippen molar-refractivity contribution in [1.29, 1.82) is 0 Å². The van der Waals surface area contributed by atoms with Crippen LogP contribution in [0.25, 0.3) is 0 Å². The van der Waals surface area contributed by atoms with Gasteiger partial charge in [-0.1, -0.05) is 0 Å². The summed E-state index contributed by atoms with van der Waals surface area (Å²) in [4.78, 5) is 56.1. The molecule has 4 saturated heterocycles. The Kier molecular flexibility index (Phi) is 18.1. The van der Waals surface area contributed by atoms with E-state index in [9.17, 15) is 38.2 Å². The summed E-state index contributed by atoms with van der Waals surface area (Å²) in [7, 11) is 0. The number of carboxylic acids is 1. The summed E-state index contributed by atoms with van der Waals surface area (Å²) in [6, 6.07) is 17.8. The molecule has 0 aliphatic carbocycles. The first kappa shape index (κ1) is 52.9. The van der Waals surface area contributed by atoms with Crippen molar-refractivity contribution in [1.82, 2.24) is 15.1 Å². The molecule has 10 rings (SSSR count). The molecule has 1 amide bonds. The lowest BCUT2D eigenvalue weighted by Crippen LogP contribution is -2.52. The Labute approximate surface area is 422 Å². The van der Waals surface area contributed by atoms with Gasteiger partial charge in [-0.05, 0) is 123 Å². The Morgan fingerprint density at radius 1 is 0.575 bits per heavy atom. The Morgan fingerprint density at radius 3 is 1.44 bits per heavy atom. The molecular formula is C52H64F2N6O13. The zero-order chi connectivity index (χ0) is 51.4. The van der Waals surface area contributed by atoms with Crippen molar-refractivity contribution >= 4 is 34.8 Å². The number of aliphatic carboxylic acids is 1. The number of ether oxygens (including phenoxy) is 6. The molecule has 0 saturated carbocycles. The smallest absolute Gasteiger partial charge is 0.377 e. The number of nitrogens with one attached hydrogen (secondary N) is 1. The molecule has 394 valence electrons. The van der Waals surface area contributed by atoms with Crippen LogP contribution in [0.4, 0.5) is 20.2 Å². The highest BCUT2D eigenvalue weighted by molar-refractivity contribution is 6.43. The predicted molar refractivity (Wildman–Crippen MR) is 264 cm³/mol. The minimum atomic E-state index is -1.43. The highest BCUT2D eigenvalue weighted by atomic mass is 19.1. The third-order valence-electron chi connectivity index (χ3n) is 13.3. The lowest BCUT2D eigenvalue weighted by Gasteiger charge is -2.36. The van der Waals surface area contributed by atoms with E-state index in [-0.39, 0.29) is 48.6 Å². The predicted octanol–water partition coefficient (Wildman–Crippen LogP) is 3.24. The monoisotopic (exact) mass is 1020 g/mol. The number of aliphatic hydroxyl groups excluding tert-OH is 2. The number of rotatable bonds is 15. The number of halogens is 2. The molecule has 0 bridgehead atoms. The Balaban J connectivity index is 0.000000178. The van der Waals surface area contributed by atoms with E-state index in [0.717, 1.165) is 70.2 Å². The molecule has 19 nitrogen and oxygen atoms in total. The maximum Gasteiger partial charge on any atom is 0.377 e.